The number of rotatable bonds is 5. The summed E-state index contributed by atoms with van der Waals surface area (Å²) >= 11 is 6.14. The van der Waals surface area contributed by atoms with Gasteiger partial charge < -0.3 is 16.5 Å². The number of aromatic nitrogens is 2. The van der Waals surface area contributed by atoms with Crippen LogP contribution in [0, 0.1) is 0 Å². The number of hydrazine groups is 1. The maximum atomic E-state index is 6.14. The smallest absolute Gasteiger partial charge is 0.169 e. The quantitative estimate of drug-likeness (QED) is 0.633. The molecule has 2 aromatic rings. The van der Waals surface area contributed by atoms with Gasteiger partial charge in [-0.2, -0.15) is 0 Å². The Morgan fingerprint density at radius 2 is 1.82 bits per heavy atom. The summed E-state index contributed by atoms with van der Waals surface area (Å²) < 4.78 is 0. The van der Waals surface area contributed by atoms with Gasteiger partial charge in [0.05, 0.1) is 0 Å². The number of anilines is 3. The van der Waals surface area contributed by atoms with Gasteiger partial charge in [0.15, 0.2) is 11.6 Å². The number of nitrogens with zero attached hydrogens (tertiary/aromatic N) is 2. The Morgan fingerprint density at radius 1 is 1.14 bits per heavy atom. The summed E-state index contributed by atoms with van der Waals surface area (Å²) in [6.07, 6.45) is 1.46. The van der Waals surface area contributed by atoms with Crippen LogP contribution in [0.4, 0.5) is 17.3 Å². The van der Waals surface area contributed by atoms with Gasteiger partial charge in [0.2, 0.25) is 0 Å². The Labute approximate surface area is 135 Å². The van der Waals surface area contributed by atoms with E-state index >= 15 is 0 Å². The van der Waals surface area contributed by atoms with Crippen molar-refractivity contribution in [2.24, 2.45) is 0 Å². The first kappa shape index (κ1) is 16.3. The van der Waals surface area contributed by atoms with Crippen LogP contribution < -0.4 is 21.9 Å². The lowest BCUT2D eigenvalue weighted by molar-refractivity contribution is 0.464. The van der Waals surface area contributed by atoms with Crippen molar-refractivity contribution in [2.75, 3.05) is 16.5 Å². The zero-order valence-corrected chi connectivity index (χ0v) is 13.7. The second-order valence-electron chi connectivity index (χ2n) is 5.93. The molecule has 7 heteroatoms. The van der Waals surface area contributed by atoms with E-state index in [0.29, 0.717) is 28.9 Å². The molecule has 0 spiro atoms. The molecule has 0 aliphatic rings. The highest BCUT2D eigenvalue weighted by Crippen LogP contribution is 2.23. The van der Waals surface area contributed by atoms with Crippen LogP contribution in [-0.4, -0.2) is 15.5 Å². The molecule has 118 valence electrons. The molecule has 0 aliphatic carbocycles. The monoisotopic (exact) mass is 320 g/mol. The average Bonchev–Trinajstić information content (AvgIpc) is 2.45. The first-order valence-corrected chi connectivity index (χ1v) is 7.35. The lowest BCUT2D eigenvalue weighted by atomic mass is 10.1. The minimum Gasteiger partial charge on any atom is -0.393 e. The number of nitrogens with one attached hydrogen (secondary N) is 3. The fourth-order valence-electron chi connectivity index (χ4n) is 1.70. The number of nitrogen functional groups attached to an aromatic ring is 1. The van der Waals surface area contributed by atoms with Crippen LogP contribution in [0.15, 0.2) is 30.6 Å². The lowest BCUT2D eigenvalue weighted by Gasteiger charge is -2.22. The summed E-state index contributed by atoms with van der Waals surface area (Å²) in [4.78, 5) is 8.31. The van der Waals surface area contributed by atoms with E-state index in [-0.39, 0.29) is 5.54 Å². The third-order valence-electron chi connectivity index (χ3n) is 2.84. The van der Waals surface area contributed by atoms with Gasteiger partial charge in [0.25, 0.3) is 0 Å². The third kappa shape index (κ3) is 4.47. The van der Waals surface area contributed by atoms with Crippen molar-refractivity contribution in [1.82, 2.24) is 15.4 Å². The van der Waals surface area contributed by atoms with Gasteiger partial charge in [-0.1, -0.05) is 29.8 Å². The van der Waals surface area contributed by atoms with E-state index in [1.54, 1.807) is 0 Å². The second kappa shape index (κ2) is 6.81. The summed E-state index contributed by atoms with van der Waals surface area (Å²) in [6.45, 7) is 6.64. The largest absolute Gasteiger partial charge is 0.393 e. The Balaban J connectivity index is 2.07. The molecule has 0 bridgehead atoms. The highest BCUT2D eigenvalue weighted by molar-refractivity contribution is 6.31. The van der Waals surface area contributed by atoms with E-state index in [2.05, 4.69) is 26.1 Å². The zero-order chi connectivity index (χ0) is 16.2. The van der Waals surface area contributed by atoms with Gasteiger partial charge in [-0.25, -0.2) is 15.4 Å². The SMILES string of the molecule is CC(C)(C)NNc1ncnc(NCc2ccccc2Cl)c1N. The van der Waals surface area contributed by atoms with Crippen LogP contribution in [-0.2, 0) is 6.54 Å². The molecule has 0 fully saturated rings. The molecule has 0 saturated carbocycles. The zero-order valence-electron chi connectivity index (χ0n) is 12.9. The Morgan fingerprint density at radius 3 is 2.50 bits per heavy atom. The topological polar surface area (TPSA) is 87.9 Å². The van der Waals surface area contributed by atoms with Gasteiger partial charge in [-0.15, -0.1) is 0 Å². The van der Waals surface area contributed by atoms with Gasteiger partial charge in [0, 0.05) is 17.1 Å². The van der Waals surface area contributed by atoms with Crippen LogP contribution >= 0.6 is 11.6 Å². The van der Waals surface area contributed by atoms with Crippen molar-refractivity contribution in [3.63, 3.8) is 0 Å². The molecule has 6 nitrogen and oxygen atoms in total. The normalized spacial score (nSPS) is 11.3. The maximum absolute atomic E-state index is 6.14. The number of benzene rings is 1. The summed E-state index contributed by atoms with van der Waals surface area (Å²) in [7, 11) is 0. The Bertz CT molecular complexity index is 638. The Kier molecular flexibility index (Phi) is 5.05. The highest BCUT2D eigenvalue weighted by atomic mass is 35.5. The van der Waals surface area contributed by atoms with E-state index in [1.165, 1.54) is 6.33 Å². The molecule has 2 rings (SSSR count). The molecule has 0 unspecified atom stereocenters. The molecular weight excluding hydrogens is 300 g/mol. The van der Waals surface area contributed by atoms with Crippen LogP contribution in [0.1, 0.15) is 26.3 Å². The fraction of sp³-hybridized carbons (Fsp3) is 0.333. The number of hydrogen-bond acceptors (Lipinski definition) is 6. The van der Waals surface area contributed by atoms with Crippen molar-refractivity contribution >= 4 is 28.9 Å². The second-order valence-corrected chi connectivity index (χ2v) is 6.34. The molecule has 1 aromatic heterocycles. The Hall–Kier alpha value is -2.05. The van der Waals surface area contributed by atoms with E-state index in [0.717, 1.165) is 5.56 Å². The summed E-state index contributed by atoms with van der Waals surface area (Å²) in [5.74, 6) is 1.10. The molecule has 0 aliphatic heterocycles. The molecule has 5 N–H and O–H groups in total. The van der Waals surface area contributed by atoms with Gasteiger partial charge in [-0.3, -0.25) is 0 Å². The first-order chi connectivity index (χ1) is 10.4. The average molecular weight is 321 g/mol. The minimum absolute atomic E-state index is 0.109. The van der Waals surface area contributed by atoms with Crippen LogP contribution in [0.5, 0.6) is 0 Å². The molecule has 0 saturated heterocycles. The predicted molar refractivity (Wildman–Crippen MR) is 91.7 cm³/mol. The lowest BCUT2D eigenvalue weighted by Crippen LogP contribution is -2.40. The minimum atomic E-state index is -0.109. The van der Waals surface area contributed by atoms with Gasteiger partial charge >= 0.3 is 0 Å². The van der Waals surface area contributed by atoms with Crippen molar-refractivity contribution in [3.8, 4) is 0 Å². The van der Waals surface area contributed by atoms with Crippen molar-refractivity contribution in [3.05, 3.63) is 41.2 Å². The van der Waals surface area contributed by atoms with Crippen LogP contribution in [0.25, 0.3) is 0 Å². The first-order valence-electron chi connectivity index (χ1n) is 6.98. The van der Waals surface area contributed by atoms with Crippen LogP contribution in [0.2, 0.25) is 5.02 Å². The molecule has 1 aromatic carbocycles. The number of nitrogens with two attached hydrogens (primary N) is 1. The fourth-order valence-corrected chi connectivity index (χ4v) is 1.91. The predicted octanol–water partition coefficient (Wildman–Crippen LogP) is 3.04. The number of hydrogen-bond donors (Lipinski definition) is 4. The molecule has 1 heterocycles. The standard InChI is InChI=1S/C15H21ClN6/c1-15(2,3)22-21-14-12(17)13(19-9-20-14)18-8-10-6-4-5-7-11(10)16/h4-7,9,22H,8,17H2,1-3H3,(H2,18,19,20,21). The molecular formula is C15H21ClN6. The summed E-state index contributed by atoms with van der Waals surface area (Å²) in [5.41, 5.74) is 13.5. The highest BCUT2D eigenvalue weighted by Gasteiger charge is 2.12. The van der Waals surface area contributed by atoms with Crippen molar-refractivity contribution in [1.29, 1.82) is 0 Å². The van der Waals surface area contributed by atoms with Crippen molar-refractivity contribution < 1.29 is 0 Å². The van der Waals surface area contributed by atoms with E-state index in [9.17, 15) is 0 Å². The van der Waals surface area contributed by atoms with Gasteiger partial charge in [-0.05, 0) is 32.4 Å². The van der Waals surface area contributed by atoms with E-state index in [4.69, 9.17) is 17.3 Å². The summed E-state index contributed by atoms with van der Waals surface area (Å²) in [5, 5.41) is 3.88. The molecule has 0 radical (unpaired) electrons. The molecule has 0 atom stereocenters. The maximum Gasteiger partial charge on any atom is 0.169 e. The van der Waals surface area contributed by atoms with Crippen LogP contribution in [0.3, 0.4) is 0 Å². The third-order valence-corrected chi connectivity index (χ3v) is 3.21. The van der Waals surface area contributed by atoms with E-state index in [1.807, 2.05) is 45.0 Å². The molecule has 22 heavy (non-hydrogen) atoms. The van der Waals surface area contributed by atoms with Gasteiger partial charge in [0.1, 0.15) is 12.0 Å². The van der Waals surface area contributed by atoms with E-state index < -0.39 is 0 Å². The number of halogens is 1. The summed E-state index contributed by atoms with van der Waals surface area (Å²) in [6, 6.07) is 7.63. The van der Waals surface area contributed by atoms with Crippen molar-refractivity contribution in [2.45, 2.75) is 32.9 Å². The molecule has 0 amide bonds.